The summed E-state index contributed by atoms with van der Waals surface area (Å²) in [6.07, 6.45) is 5.99. The van der Waals surface area contributed by atoms with Gasteiger partial charge in [0.2, 0.25) is 0 Å². The lowest BCUT2D eigenvalue weighted by atomic mass is 9.96. The molecule has 20 heavy (non-hydrogen) atoms. The van der Waals surface area contributed by atoms with E-state index in [1.165, 1.54) is 45.4 Å². The molecule has 1 atom stereocenters. The Morgan fingerprint density at radius 3 is 2.55 bits per heavy atom. The summed E-state index contributed by atoms with van der Waals surface area (Å²) in [7, 11) is 2.21. The van der Waals surface area contributed by atoms with Crippen LogP contribution in [0.25, 0.3) is 0 Å². The van der Waals surface area contributed by atoms with Gasteiger partial charge < -0.3 is 9.80 Å². The van der Waals surface area contributed by atoms with Crippen molar-refractivity contribution in [2.75, 3.05) is 46.3 Å². The number of nitrogens with zero attached hydrogens (tertiary/aromatic N) is 3. The van der Waals surface area contributed by atoms with Gasteiger partial charge in [0.05, 0.1) is 6.07 Å². The smallest absolute Gasteiger partial charge is 0.103 e. The number of unbranched alkanes of at least 4 members (excludes halogenated alkanes) is 1. The molecule has 1 aliphatic rings. The van der Waals surface area contributed by atoms with Crippen molar-refractivity contribution in [1.29, 1.82) is 5.26 Å². The highest BCUT2D eigenvalue weighted by atomic mass is 15.2. The molecule has 1 rings (SSSR count). The van der Waals surface area contributed by atoms with E-state index < -0.39 is 0 Å². The van der Waals surface area contributed by atoms with Crippen LogP contribution in [-0.4, -0.2) is 61.7 Å². The summed E-state index contributed by atoms with van der Waals surface area (Å²) in [4.78, 5) is 4.99. The Kier molecular flexibility index (Phi) is 8.13. The zero-order valence-corrected chi connectivity index (χ0v) is 13.6. The highest BCUT2D eigenvalue weighted by Crippen LogP contribution is 2.13. The zero-order chi connectivity index (χ0) is 14.8. The van der Waals surface area contributed by atoms with Crippen LogP contribution in [0.3, 0.4) is 0 Å². The molecule has 0 spiro atoms. The molecule has 0 aromatic carbocycles. The molecule has 0 bridgehead atoms. The van der Waals surface area contributed by atoms with Crippen LogP contribution >= 0.6 is 0 Å². The normalized spacial score (nSPS) is 19.1. The van der Waals surface area contributed by atoms with E-state index in [1.807, 2.05) is 6.92 Å². The molecule has 1 aliphatic heterocycles. The van der Waals surface area contributed by atoms with E-state index in [4.69, 9.17) is 0 Å². The Morgan fingerprint density at radius 1 is 1.25 bits per heavy atom. The maximum atomic E-state index is 9.20. The van der Waals surface area contributed by atoms with E-state index in [0.29, 0.717) is 0 Å². The number of nitrogens with one attached hydrogen (secondary N) is 1. The summed E-state index contributed by atoms with van der Waals surface area (Å²) in [6.45, 7) is 11.0. The molecule has 4 nitrogen and oxygen atoms in total. The third-order valence-corrected chi connectivity index (χ3v) is 4.28. The average molecular weight is 280 g/mol. The van der Waals surface area contributed by atoms with Gasteiger partial charge in [-0.2, -0.15) is 5.26 Å². The third kappa shape index (κ3) is 6.69. The molecular weight excluding hydrogens is 248 g/mol. The van der Waals surface area contributed by atoms with Crippen LogP contribution in [0, 0.1) is 11.3 Å². The van der Waals surface area contributed by atoms with Crippen LogP contribution in [0.4, 0.5) is 0 Å². The van der Waals surface area contributed by atoms with Crippen molar-refractivity contribution < 1.29 is 0 Å². The summed E-state index contributed by atoms with van der Waals surface area (Å²) >= 11 is 0. The van der Waals surface area contributed by atoms with Gasteiger partial charge in [0.25, 0.3) is 0 Å². The van der Waals surface area contributed by atoms with Gasteiger partial charge in [0.15, 0.2) is 0 Å². The number of hydrogen-bond acceptors (Lipinski definition) is 4. The van der Waals surface area contributed by atoms with Crippen molar-refractivity contribution in [2.24, 2.45) is 0 Å². The van der Waals surface area contributed by atoms with E-state index in [1.54, 1.807) is 0 Å². The summed E-state index contributed by atoms with van der Waals surface area (Å²) in [5, 5.41) is 12.5. The lowest BCUT2D eigenvalue weighted by Crippen LogP contribution is -2.40. The maximum absolute atomic E-state index is 9.20. The van der Waals surface area contributed by atoms with Crippen molar-refractivity contribution in [3.8, 4) is 6.07 Å². The second kappa shape index (κ2) is 9.33. The molecule has 0 aromatic heterocycles. The Hall–Kier alpha value is -0.630. The van der Waals surface area contributed by atoms with Gasteiger partial charge in [-0.1, -0.05) is 6.92 Å². The first-order chi connectivity index (χ1) is 9.59. The molecule has 4 heteroatoms. The van der Waals surface area contributed by atoms with Gasteiger partial charge in [0.1, 0.15) is 5.54 Å². The second-order valence-corrected chi connectivity index (χ2v) is 6.28. The Morgan fingerprint density at radius 2 is 1.95 bits per heavy atom. The molecule has 1 unspecified atom stereocenters. The minimum Gasteiger partial charge on any atom is -0.305 e. The van der Waals surface area contributed by atoms with Gasteiger partial charge in [0, 0.05) is 13.1 Å². The fourth-order valence-electron chi connectivity index (χ4n) is 2.86. The van der Waals surface area contributed by atoms with Crippen molar-refractivity contribution >= 4 is 0 Å². The first kappa shape index (κ1) is 17.4. The maximum Gasteiger partial charge on any atom is 0.103 e. The monoisotopic (exact) mass is 280 g/mol. The fourth-order valence-corrected chi connectivity index (χ4v) is 2.86. The molecule has 0 amide bonds. The number of likely N-dealkylation sites (N-methyl/N-ethyl adjacent to an activating group) is 1. The summed E-state index contributed by atoms with van der Waals surface area (Å²) in [5.41, 5.74) is -0.344. The molecule has 1 N–H and O–H groups in total. The van der Waals surface area contributed by atoms with E-state index in [-0.39, 0.29) is 5.54 Å². The molecule has 0 aromatic rings. The lowest BCUT2D eigenvalue weighted by molar-refractivity contribution is 0.251. The molecular formula is C16H32N4. The first-order valence-electron chi connectivity index (χ1n) is 8.17. The lowest BCUT2D eigenvalue weighted by Gasteiger charge is -2.24. The van der Waals surface area contributed by atoms with Gasteiger partial charge in [-0.25, -0.2) is 0 Å². The summed E-state index contributed by atoms with van der Waals surface area (Å²) in [6, 6.07) is 2.40. The fraction of sp³-hybridized carbons (Fsp3) is 0.938. The Labute approximate surface area is 125 Å². The van der Waals surface area contributed by atoms with Crippen molar-refractivity contribution in [2.45, 2.75) is 51.5 Å². The highest BCUT2D eigenvalue weighted by molar-refractivity contribution is 5.03. The predicted molar refractivity (Wildman–Crippen MR) is 84.7 cm³/mol. The van der Waals surface area contributed by atoms with Crippen molar-refractivity contribution in [1.82, 2.24) is 15.1 Å². The van der Waals surface area contributed by atoms with Crippen LogP contribution in [0.15, 0.2) is 0 Å². The quantitative estimate of drug-likeness (QED) is 0.622. The summed E-state index contributed by atoms with van der Waals surface area (Å²) < 4.78 is 0. The SMILES string of the molecule is CCNC(C)(C#N)CCCCN(C)CCN1CCCC1. The van der Waals surface area contributed by atoms with E-state index in [9.17, 15) is 5.26 Å². The van der Waals surface area contributed by atoms with Gasteiger partial charge >= 0.3 is 0 Å². The van der Waals surface area contributed by atoms with E-state index in [0.717, 1.165) is 25.9 Å². The van der Waals surface area contributed by atoms with Crippen molar-refractivity contribution in [3.05, 3.63) is 0 Å². The van der Waals surface area contributed by atoms with Crippen LogP contribution in [0.2, 0.25) is 0 Å². The molecule has 0 saturated carbocycles. The standard InChI is InChI=1S/C16H32N4/c1-4-18-16(2,15-17)9-5-6-10-19(3)13-14-20-11-7-8-12-20/h18H,4-14H2,1-3H3. The van der Waals surface area contributed by atoms with E-state index in [2.05, 4.69) is 35.2 Å². The van der Waals surface area contributed by atoms with Crippen molar-refractivity contribution in [3.63, 3.8) is 0 Å². The van der Waals surface area contributed by atoms with E-state index >= 15 is 0 Å². The molecule has 1 heterocycles. The highest BCUT2D eigenvalue weighted by Gasteiger charge is 2.21. The van der Waals surface area contributed by atoms with Crippen LogP contribution in [0.1, 0.15) is 46.0 Å². The topological polar surface area (TPSA) is 42.3 Å². The third-order valence-electron chi connectivity index (χ3n) is 4.28. The molecule has 1 fully saturated rings. The average Bonchev–Trinajstić information content (AvgIpc) is 2.95. The van der Waals surface area contributed by atoms with Gasteiger partial charge in [-0.05, 0) is 72.3 Å². The Bertz CT molecular complexity index is 293. The zero-order valence-electron chi connectivity index (χ0n) is 13.6. The second-order valence-electron chi connectivity index (χ2n) is 6.28. The number of nitriles is 1. The largest absolute Gasteiger partial charge is 0.305 e. The van der Waals surface area contributed by atoms with Gasteiger partial charge in [-0.3, -0.25) is 5.32 Å². The number of rotatable bonds is 10. The van der Waals surface area contributed by atoms with Gasteiger partial charge in [-0.15, -0.1) is 0 Å². The first-order valence-corrected chi connectivity index (χ1v) is 8.17. The molecule has 116 valence electrons. The predicted octanol–water partition coefficient (Wildman–Crippen LogP) is 2.08. The summed E-state index contributed by atoms with van der Waals surface area (Å²) in [5.74, 6) is 0. The molecule has 1 saturated heterocycles. The minimum absolute atomic E-state index is 0.344. The number of hydrogen-bond donors (Lipinski definition) is 1. The van der Waals surface area contributed by atoms with Crippen LogP contribution in [-0.2, 0) is 0 Å². The molecule has 0 radical (unpaired) electrons. The van der Waals surface area contributed by atoms with Crippen LogP contribution < -0.4 is 5.32 Å². The Balaban J connectivity index is 2.06. The van der Waals surface area contributed by atoms with Crippen LogP contribution in [0.5, 0.6) is 0 Å². The number of likely N-dealkylation sites (tertiary alicyclic amines) is 1. The molecule has 0 aliphatic carbocycles. The minimum atomic E-state index is -0.344.